The van der Waals surface area contributed by atoms with Crippen molar-refractivity contribution >= 4 is 23.4 Å². The van der Waals surface area contributed by atoms with E-state index in [2.05, 4.69) is 13.8 Å². The number of methoxy groups -OCH3 is 1. The summed E-state index contributed by atoms with van der Waals surface area (Å²) in [6, 6.07) is 14.4. The maximum Gasteiger partial charge on any atom is 0.313 e. The van der Waals surface area contributed by atoms with Gasteiger partial charge in [-0.25, -0.2) is 0 Å². The average Bonchev–Trinajstić information content (AvgIpc) is 2.59. The zero-order valence-corrected chi connectivity index (χ0v) is 14.8. The van der Waals surface area contributed by atoms with Crippen molar-refractivity contribution in [1.82, 2.24) is 0 Å². The molecule has 0 amide bonds. The molecule has 0 aliphatic heterocycles. The van der Waals surface area contributed by atoms with Crippen LogP contribution in [0.15, 0.2) is 48.5 Å². The van der Waals surface area contributed by atoms with Gasteiger partial charge in [-0.2, -0.15) is 0 Å². The zero-order valence-electron chi connectivity index (χ0n) is 14.1. The fourth-order valence-corrected chi connectivity index (χ4v) is 2.66. The lowest BCUT2D eigenvalue weighted by atomic mass is 9.90. The fourth-order valence-electron chi connectivity index (χ4n) is 2.53. The van der Waals surface area contributed by atoms with E-state index in [-0.39, 0.29) is 12.2 Å². The number of hydrogen-bond donors (Lipinski definition) is 0. The van der Waals surface area contributed by atoms with Gasteiger partial charge in [-0.3, -0.25) is 9.59 Å². The van der Waals surface area contributed by atoms with Crippen LogP contribution in [0.4, 0.5) is 0 Å². The molecule has 3 nitrogen and oxygen atoms in total. The first-order chi connectivity index (χ1) is 11.4. The maximum absolute atomic E-state index is 12.5. The molecular formula is C20H21ClO3. The molecule has 0 heterocycles. The lowest BCUT2D eigenvalue weighted by Crippen LogP contribution is -2.18. The Morgan fingerprint density at radius 2 is 1.50 bits per heavy atom. The van der Waals surface area contributed by atoms with Gasteiger partial charge in [-0.15, -0.1) is 0 Å². The fraction of sp³-hybridized carbons (Fsp3) is 0.300. The number of carbonyl (C=O) groups is 2. The van der Waals surface area contributed by atoms with Crippen LogP contribution in [-0.2, 0) is 9.53 Å². The van der Waals surface area contributed by atoms with Crippen molar-refractivity contribution in [2.45, 2.75) is 32.1 Å². The number of ether oxygens (including phenoxy) is 1. The summed E-state index contributed by atoms with van der Waals surface area (Å²) >= 11 is 5.85. The predicted molar refractivity (Wildman–Crippen MR) is 95.7 cm³/mol. The predicted octanol–water partition coefficient (Wildman–Crippen LogP) is 4.99. The van der Waals surface area contributed by atoms with E-state index < -0.39 is 11.9 Å². The summed E-state index contributed by atoms with van der Waals surface area (Å²) in [5.41, 5.74) is 2.51. The molecule has 0 unspecified atom stereocenters. The average molecular weight is 345 g/mol. The molecule has 2 aromatic rings. The summed E-state index contributed by atoms with van der Waals surface area (Å²) in [5.74, 6) is -0.727. The van der Waals surface area contributed by atoms with Crippen molar-refractivity contribution in [2.75, 3.05) is 7.11 Å². The summed E-state index contributed by atoms with van der Waals surface area (Å²) < 4.78 is 4.89. The van der Waals surface area contributed by atoms with Gasteiger partial charge < -0.3 is 4.74 Å². The second kappa shape index (κ2) is 8.11. The van der Waals surface area contributed by atoms with Crippen molar-refractivity contribution in [1.29, 1.82) is 0 Å². The van der Waals surface area contributed by atoms with Gasteiger partial charge in [0.05, 0.1) is 13.0 Å². The number of ketones is 1. The summed E-state index contributed by atoms with van der Waals surface area (Å²) in [6.07, 6.45) is 0.0648. The number of Topliss-reactive ketones (excluding diaryl/α,β-unsaturated/α-hetero) is 1. The normalized spacial score (nSPS) is 12.0. The highest BCUT2D eigenvalue weighted by Gasteiger charge is 2.25. The highest BCUT2D eigenvalue weighted by molar-refractivity contribution is 6.30. The van der Waals surface area contributed by atoms with Crippen molar-refractivity contribution in [3.05, 3.63) is 70.2 Å². The molecule has 2 rings (SSSR count). The minimum Gasteiger partial charge on any atom is -0.469 e. The number of benzene rings is 2. The second-order valence-electron chi connectivity index (χ2n) is 6.03. The quantitative estimate of drug-likeness (QED) is 0.547. The van der Waals surface area contributed by atoms with Gasteiger partial charge in [-0.1, -0.05) is 49.7 Å². The molecule has 0 bridgehead atoms. The lowest BCUT2D eigenvalue weighted by Gasteiger charge is -2.15. The molecular weight excluding hydrogens is 324 g/mol. The molecule has 0 aliphatic carbocycles. The number of rotatable bonds is 6. The van der Waals surface area contributed by atoms with E-state index in [0.717, 1.165) is 5.56 Å². The molecule has 0 aromatic heterocycles. The van der Waals surface area contributed by atoms with Gasteiger partial charge >= 0.3 is 5.97 Å². The molecule has 0 saturated heterocycles. The molecule has 0 N–H and O–H groups in total. The minimum absolute atomic E-state index is 0.0648. The van der Waals surface area contributed by atoms with E-state index in [1.807, 2.05) is 24.3 Å². The Morgan fingerprint density at radius 1 is 0.958 bits per heavy atom. The van der Waals surface area contributed by atoms with Crippen LogP contribution in [0.1, 0.15) is 53.6 Å². The highest BCUT2D eigenvalue weighted by Crippen LogP contribution is 2.26. The van der Waals surface area contributed by atoms with Crippen molar-refractivity contribution in [3.8, 4) is 0 Å². The molecule has 2 aromatic carbocycles. The van der Waals surface area contributed by atoms with Crippen LogP contribution in [0.2, 0.25) is 5.02 Å². The van der Waals surface area contributed by atoms with E-state index in [9.17, 15) is 9.59 Å². The molecule has 4 heteroatoms. The molecule has 0 saturated carbocycles. The van der Waals surface area contributed by atoms with Crippen LogP contribution in [0.25, 0.3) is 0 Å². The molecule has 0 aliphatic rings. The molecule has 126 valence electrons. The van der Waals surface area contributed by atoms with Gasteiger partial charge in [0, 0.05) is 17.0 Å². The van der Waals surface area contributed by atoms with Gasteiger partial charge in [0.2, 0.25) is 0 Å². The monoisotopic (exact) mass is 344 g/mol. The summed E-state index contributed by atoms with van der Waals surface area (Å²) in [7, 11) is 1.34. The topological polar surface area (TPSA) is 43.4 Å². The first-order valence-electron chi connectivity index (χ1n) is 7.88. The Kier molecular flexibility index (Phi) is 6.16. The van der Waals surface area contributed by atoms with Gasteiger partial charge in [0.1, 0.15) is 0 Å². The van der Waals surface area contributed by atoms with Crippen LogP contribution in [-0.4, -0.2) is 18.9 Å². The van der Waals surface area contributed by atoms with Crippen LogP contribution in [0.3, 0.4) is 0 Å². The van der Waals surface area contributed by atoms with Crippen LogP contribution < -0.4 is 0 Å². The Labute approximate surface area is 147 Å². The van der Waals surface area contributed by atoms with Crippen LogP contribution >= 0.6 is 11.6 Å². The Morgan fingerprint density at radius 3 is 2.00 bits per heavy atom. The van der Waals surface area contributed by atoms with Crippen molar-refractivity contribution < 1.29 is 14.3 Å². The van der Waals surface area contributed by atoms with E-state index in [1.54, 1.807) is 24.3 Å². The Bertz CT molecular complexity index is 703. The number of halogens is 1. The standard InChI is InChI=1S/C20H21ClO3/c1-13(2)14-4-6-15(7-5-14)18(20(23)24-3)12-19(22)16-8-10-17(21)11-9-16/h4-11,13,18H,12H2,1-3H3/t18-/m1/s1. The van der Waals surface area contributed by atoms with Crippen LogP contribution in [0, 0.1) is 0 Å². The van der Waals surface area contributed by atoms with E-state index in [4.69, 9.17) is 16.3 Å². The first-order valence-corrected chi connectivity index (χ1v) is 8.26. The summed E-state index contributed by atoms with van der Waals surface area (Å²) in [6.45, 7) is 4.22. The number of esters is 1. The van der Waals surface area contributed by atoms with Gasteiger partial charge in [0.15, 0.2) is 5.78 Å². The highest BCUT2D eigenvalue weighted by atomic mass is 35.5. The van der Waals surface area contributed by atoms with Crippen molar-refractivity contribution in [2.24, 2.45) is 0 Å². The van der Waals surface area contributed by atoms with Gasteiger partial charge in [-0.05, 0) is 41.3 Å². The summed E-state index contributed by atoms with van der Waals surface area (Å²) in [4.78, 5) is 24.6. The molecule has 0 radical (unpaired) electrons. The third-order valence-electron chi connectivity index (χ3n) is 4.05. The third kappa shape index (κ3) is 4.45. The third-order valence-corrected chi connectivity index (χ3v) is 4.30. The molecule has 0 spiro atoms. The smallest absolute Gasteiger partial charge is 0.313 e. The summed E-state index contributed by atoms with van der Waals surface area (Å²) in [5, 5.41) is 0.570. The first kappa shape index (κ1) is 18.2. The van der Waals surface area contributed by atoms with E-state index in [1.165, 1.54) is 12.7 Å². The number of hydrogen-bond acceptors (Lipinski definition) is 3. The molecule has 0 fully saturated rings. The SMILES string of the molecule is COC(=O)[C@H](CC(=O)c1ccc(Cl)cc1)c1ccc(C(C)C)cc1. The van der Waals surface area contributed by atoms with Crippen molar-refractivity contribution in [3.63, 3.8) is 0 Å². The van der Waals surface area contributed by atoms with E-state index >= 15 is 0 Å². The van der Waals surface area contributed by atoms with Crippen LogP contribution in [0.5, 0.6) is 0 Å². The Balaban J connectivity index is 2.23. The second-order valence-corrected chi connectivity index (χ2v) is 6.47. The Hall–Kier alpha value is -2.13. The molecule has 1 atom stereocenters. The zero-order chi connectivity index (χ0) is 17.7. The number of carbonyl (C=O) groups excluding carboxylic acids is 2. The lowest BCUT2D eigenvalue weighted by molar-refractivity contribution is -0.142. The van der Waals surface area contributed by atoms with E-state index in [0.29, 0.717) is 16.5 Å². The van der Waals surface area contributed by atoms with Gasteiger partial charge in [0.25, 0.3) is 0 Å². The minimum atomic E-state index is -0.612. The molecule has 24 heavy (non-hydrogen) atoms. The largest absolute Gasteiger partial charge is 0.469 e. The maximum atomic E-state index is 12.5.